The summed E-state index contributed by atoms with van der Waals surface area (Å²) in [6.07, 6.45) is 3.31. The molecule has 7 nitrogen and oxygen atoms in total. The Morgan fingerprint density at radius 2 is 1.86 bits per heavy atom. The predicted octanol–water partition coefficient (Wildman–Crippen LogP) is 4.68. The normalized spacial score (nSPS) is 15.4. The third kappa shape index (κ3) is 3.69. The Morgan fingerprint density at radius 1 is 1.07 bits per heavy atom. The number of benzene rings is 1. The smallest absolute Gasteiger partial charge is 0.260 e. The van der Waals surface area contributed by atoms with E-state index in [9.17, 15) is 4.79 Å². The number of nitrogens with zero attached hydrogens (tertiary/aromatic N) is 5. The molecule has 0 fully saturated rings. The molecule has 1 aliphatic rings. The number of hydrogen-bond acceptors (Lipinski definition) is 6. The Kier molecular flexibility index (Phi) is 4.76. The van der Waals surface area contributed by atoms with E-state index in [1.54, 1.807) is 36.7 Å². The van der Waals surface area contributed by atoms with Gasteiger partial charge < -0.3 is 5.32 Å². The lowest BCUT2D eigenvalue weighted by atomic mass is 9.88. The zero-order valence-electron chi connectivity index (χ0n) is 16.2. The van der Waals surface area contributed by atoms with Gasteiger partial charge in [-0.25, -0.2) is 15.0 Å². The molecule has 8 heteroatoms. The van der Waals surface area contributed by atoms with E-state index in [0.29, 0.717) is 22.5 Å². The van der Waals surface area contributed by atoms with Gasteiger partial charge >= 0.3 is 0 Å². The van der Waals surface area contributed by atoms with Crippen molar-refractivity contribution in [1.82, 2.24) is 15.0 Å². The molecule has 2 aromatic heterocycles. The summed E-state index contributed by atoms with van der Waals surface area (Å²) in [5.41, 5.74) is 2.40. The number of anilines is 3. The van der Waals surface area contributed by atoms with Crippen LogP contribution in [0.4, 0.5) is 17.5 Å². The summed E-state index contributed by atoms with van der Waals surface area (Å²) < 4.78 is 0. The van der Waals surface area contributed by atoms with Gasteiger partial charge in [0.1, 0.15) is 0 Å². The SMILES string of the molecule is CC1=NN(c2cc(-c3ccnc(Nc4cccc(Cl)c4)n3)ccn2)C(=O)C1(C)C. The van der Waals surface area contributed by atoms with Gasteiger partial charge in [-0.1, -0.05) is 17.7 Å². The zero-order valence-corrected chi connectivity index (χ0v) is 17.0. The van der Waals surface area contributed by atoms with Crippen LogP contribution in [0.25, 0.3) is 11.3 Å². The van der Waals surface area contributed by atoms with E-state index in [2.05, 4.69) is 25.4 Å². The van der Waals surface area contributed by atoms with Crippen LogP contribution < -0.4 is 10.3 Å². The average molecular weight is 407 g/mol. The molecular weight excluding hydrogens is 388 g/mol. The van der Waals surface area contributed by atoms with Crippen LogP contribution in [0.3, 0.4) is 0 Å². The van der Waals surface area contributed by atoms with Gasteiger partial charge in [-0.3, -0.25) is 4.79 Å². The third-order valence-electron chi connectivity index (χ3n) is 4.88. The molecule has 1 amide bonds. The van der Waals surface area contributed by atoms with Crippen molar-refractivity contribution in [3.05, 3.63) is 59.9 Å². The summed E-state index contributed by atoms with van der Waals surface area (Å²) in [6.45, 7) is 5.56. The van der Waals surface area contributed by atoms with Crippen molar-refractivity contribution in [1.29, 1.82) is 0 Å². The maximum absolute atomic E-state index is 12.7. The van der Waals surface area contributed by atoms with Crippen molar-refractivity contribution in [2.24, 2.45) is 10.5 Å². The highest BCUT2D eigenvalue weighted by Crippen LogP contribution is 2.32. The van der Waals surface area contributed by atoms with Crippen molar-refractivity contribution < 1.29 is 4.79 Å². The van der Waals surface area contributed by atoms with E-state index in [0.717, 1.165) is 17.0 Å². The summed E-state index contributed by atoms with van der Waals surface area (Å²) in [6, 6.07) is 12.7. The Balaban J connectivity index is 1.63. The Labute approximate surface area is 173 Å². The Morgan fingerprint density at radius 3 is 2.59 bits per heavy atom. The largest absolute Gasteiger partial charge is 0.324 e. The second-order valence-electron chi connectivity index (χ2n) is 7.23. The van der Waals surface area contributed by atoms with Crippen LogP contribution >= 0.6 is 11.6 Å². The maximum atomic E-state index is 12.7. The van der Waals surface area contributed by atoms with Crippen LogP contribution in [0.1, 0.15) is 20.8 Å². The molecule has 0 radical (unpaired) electrons. The fourth-order valence-corrected chi connectivity index (χ4v) is 3.05. The number of aromatic nitrogens is 3. The number of hydrazone groups is 1. The highest BCUT2D eigenvalue weighted by atomic mass is 35.5. The topological polar surface area (TPSA) is 83.4 Å². The number of amides is 1. The van der Waals surface area contributed by atoms with E-state index >= 15 is 0 Å². The highest BCUT2D eigenvalue weighted by molar-refractivity contribution is 6.30. The molecule has 1 aromatic carbocycles. The maximum Gasteiger partial charge on any atom is 0.260 e. The monoisotopic (exact) mass is 406 g/mol. The van der Waals surface area contributed by atoms with Gasteiger partial charge in [-0.15, -0.1) is 0 Å². The van der Waals surface area contributed by atoms with Crippen LogP contribution in [0.5, 0.6) is 0 Å². The standard InChI is InChI=1S/C21H19ClN6O/c1-13-21(2,3)19(29)28(27-13)18-11-14(7-9-23-18)17-8-10-24-20(26-17)25-16-6-4-5-15(22)12-16/h4-12H,1-3H3,(H,24,25,26). The minimum Gasteiger partial charge on any atom is -0.324 e. The van der Waals surface area contributed by atoms with E-state index < -0.39 is 5.41 Å². The van der Waals surface area contributed by atoms with Crippen LogP contribution in [0.2, 0.25) is 5.02 Å². The van der Waals surface area contributed by atoms with Gasteiger partial charge in [0.2, 0.25) is 5.95 Å². The lowest BCUT2D eigenvalue weighted by Crippen LogP contribution is -2.34. The molecule has 0 unspecified atom stereocenters. The second-order valence-corrected chi connectivity index (χ2v) is 7.67. The number of halogens is 1. The molecule has 3 aromatic rings. The summed E-state index contributed by atoms with van der Waals surface area (Å²) in [5, 5.41) is 9.51. The van der Waals surface area contributed by atoms with Crippen molar-refractivity contribution in [2.75, 3.05) is 10.3 Å². The first-order valence-corrected chi connectivity index (χ1v) is 9.45. The van der Waals surface area contributed by atoms with E-state index in [-0.39, 0.29) is 5.91 Å². The minimum atomic E-state index is -0.638. The molecule has 0 atom stereocenters. The molecule has 3 heterocycles. The molecule has 1 N–H and O–H groups in total. The van der Waals surface area contributed by atoms with Crippen molar-refractivity contribution >= 4 is 40.7 Å². The van der Waals surface area contributed by atoms with Gasteiger partial charge in [0.25, 0.3) is 5.91 Å². The summed E-state index contributed by atoms with van der Waals surface area (Å²) in [5.74, 6) is 0.793. The van der Waals surface area contributed by atoms with Crippen LogP contribution in [-0.4, -0.2) is 26.6 Å². The molecule has 0 bridgehead atoms. The van der Waals surface area contributed by atoms with Crippen molar-refractivity contribution in [2.45, 2.75) is 20.8 Å². The predicted molar refractivity (Wildman–Crippen MR) is 114 cm³/mol. The Hall–Kier alpha value is -3.32. The van der Waals surface area contributed by atoms with Crippen LogP contribution in [-0.2, 0) is 4.79 Å². The second kappa shape index (κ2) is 7.25. The number of carbonyl (C=O) groups excluding carboxylic acids is 1. The summed E-state index contributed by atoms with van der Waals surface area (Å²) in [7, 11) is 0. The van der Waals surface area contributed by atoms with Gasteiger partial charge in [-0.2, -0.15) is 10.1 Å². The summed E-state index contributed by atoms with van der Waals surface area (Å²) >= 11 is 6.03. The van der Waals surface area contributed by atoms with Crippen molar-refractivity contribution in [3.8, 4) is 11.3 Å². The molecule has 0 saturated carbocycles. The van der Waals surface area contributed by atoms with Gasteiger partial charge in [0.05, 0.1) is 16.8 Å². The first-order chi connectivity index (χ1) is 13.8. The highest BCUT2D eigenvalue weighted by Gasteiger charge is 2.42. The molecule has 29 heavy (non-hydrogen) atoms. The lowest BCUT2D eigenvalue weighted by molar-refractivity contribution is -0.122. The van der Waals surface area contributed by atoms with Gasteiger partial charge in [0.15, 0.2) is 5.82 Å². The average Bonchev–Trinajstić information content (AvgIpc) is 2.91. The van der Waals surface area contributed by atoms with E-state index in [1.807, 2.05) is 39.0 Å². The molecule has 4 rings (SSSR count). The zero-order chi connectivity index (χ0) is 20.6. The fourth-order valence-electron chi connectivity index (χ4n) is 2.86. The molecule has 0 saturated heterocycles. The Bertz CT molecular complexity index is 1130. The molecule has 146 valence electrons. The number of carbonyl (C=O) groups is 1. The first-order valence-electron chi connectivity index (χ1n) is 9.07. The van der Waals surface area contributed by atoms with Crippen molar-refractivity contribution in [3.63, 3.8) is 0 Å². The molecule has 1 aliphatic heterocycles. The van der Waals surface area contributed by atoms with Gasteiger partial charge in [-0.05, 0) is 57.2 Å². The fraction of sp³-hybridized carbons (Fsp3) is 0.190. The van der Waals surface area contributed by atoms with Crippen LogP contribution in [0, 0.1) is 5.41 Å². The number of rotatable bonds is 4. The van der Waals surface area contributed by atoms with Crippen LogP contribution in [0.15, 0.2) is 60.0 Å². The first kappa shape index (κ1) is 19.0. The van der Waals surface area contributed by atoms with Gasteiger partial charge in [0, 0.05) is 28.7 Å². The number of nitrogens with one attached hydrogen (secondary N) is 1. The molecule has 0 aliphatic carbocycles. The number of hydrogen-bond donors (Lipinski definition) is 1. The summed E-state index contributed by atoms with van der Waals surface area (Å²) in [4.78, 5) is 25.8. The quantitative estimate of drug-likeness (QED) is 0.679. The molecular formula is C21H19ClN6O. The lowest BCUT2D eigenvalue weighted by Gasteiger charge is -2.18. The number of pyridine rings is 1. The third-order valence-corrected chi connectivity index (χ3v) is 5.11. The van der Waals surface area contributed by atoms with E-state index in [1.165, 1.54) is 5.01 Å². The molecule has 0 spiro atoms. The minimum absolute atomic E-state index is 0.106. The van der Waals surface area contributed by atoms with E-state index in [4.69, 9.17) is 11.6 Å².